The van der Waals surface area contributed by atoms with E-state index in [2.05, 4.69) is 5.32 Å². The monoisotopic (exact) mass is 310 g/mol. The number of hydrogen-bond acceptors (Lipinski definition) is 5. The van der Waals surface area contributed by atoms with Gasteiger partial charge in [-0.25, -0.2) is 0 Å². The molecule has 0 fully saturated rings. The molecular weight excluding hydrogens is 300 g/mol. The number of carbonyl (C=O) groups is 2. The van der Waals surface area contributed by atoms with Crippen LogP contribution in [0.25, 0.3) is 0 Å². The molecule has 1 aromatic carbocycles. The van der Waals surface area contributed by atoms with Gasteiger partial charge in [0.1, 0.15) is 6.07 Å². The van der Waals surface area contributed by atoms with Gasteiger partial charge in [-0.05, 0) is 25.1 Å². The fourth-order valence-corrected chi connectivity index (χ4v) is 2.93. The van der Waals surface area contributed by atoms with Gasteiger partial charge in [0.2, 0.25) is 5.91 Å². The lowest BCUT2D eigenvalue weighted by Gasteiger charge is -2.23. The molecular formula is C13H11ClN2O3S. The number of halogens is 1. The highest BCUT2D eigenvalue weighted by atomic mass is 35.5. The van der Waals surface area contributed by atoms with E-state index in [9.17, 15) is 9.59 Å². The third kappa shape index (κ3) is 3.44. The van der Waals surface area contributed by atoms with Crippen LogP contribution in [-0.2, 0) is 14.3 Å². The zero-order valence-corrected chi connectivity index (χ0v) is 12.1. The maximum absolute atomic E-state index is 11.9. The molecule has 7 heteroatoms. The summed E-state index contributed by atoms with van der Waals surface area (Å²) in [7, 11) is 0. The first-order valence-corrected chi connectivity index (χ1v) is 7.11. The molecule has 1 amide bonds. The Balaban J connectivity index is 2.05. The molecule has 0 saturated heterocycles. The van der Waals surface area contributed by atoms with Crippen molar-refractivity contribution in [3.05, 3.63) is 23.2 Å². The summed E-state index contributed by atoms with van der Waals surface area (Å²) in [6, 6.07) is 6.97. The fourth-order valence-electron chi connectivity index (χ4n) is 1.68. The summed E-state index contributed by atoms with van der Waals surface area (Å²) in [6.45, 7) is 1.48. The normalized spacial score (nSPS) is 18.4. The van der Waals surface area contributed by atoms with E-state index >= 15 is 0 Å². The molecule has 0 spiro atoms. The van der Waals surface area contributed by atoms with Gasteiger partial charge in [0, 0.05) is 9.92 Å². The van der Waals surface area contributed by atoms with Crippen LogP contribution in [0.5, 0.6) is 0 Å². The molecule has 0 unspecified atom stereocenters. The van der Waals surface area contributed by atoms with Gasteiger partial charge < -0.3 is 10.1 Å². The molecule has 1 heterocycles. The van der Waals surface area contributed by atoms with Crippen LogP contribution in [0.15, 0.2) is 23.1 Å². The molecule has 2 atom stereocenters. The zero-order chi connectivity index (χ0) is 14.7. The number of ether oxygens (including phenoxy) is 1. The van der Waals surface area contributed by atoms with E-state index in [0.29, 0.717) is 10.7 Å². The number of carbonyl (C=O) groups excluding carboxylic acids is 2. The summed E-state index contributed by atoms with van der Waals surface area (Å²) in [5.41, 5.74) is 0.641. The fraction of sp³-hybridized carbons (Fsp3) is 0.308. The second-order valence-electron chi connectivity index (χ2n) is 4.20. The number of nitriles is 1. The highest BCUT2D eigenvalue weighted by molar-refractivity contribution is 8.01. The molecule has 0 radical (unpaired) electrons. The van der Waals surface area contributed by atoms with Crippen molar-refractivity contribution in [3.8, 4) is 6.07 Å². The summed E-state index contributed by atoms with van der Waals surface area (Å²) >= 11 is 7.14. The highest BCUT2D eigenvalue weighted by Gasteiger charge is 2.30. The molecule has 1 aliphatic rings. The molecule has 20 heavy (non-hydrogen) atoms. The number of hydrogen-bond donors (Lipinski definition) is 1. The van der Waals surface area contributed by atoms with Crippen LogP contribution in [0.4, 0.5) is 5.69 Å². The van der Waals surface area contributed by atoms with Crippen LogP contribution in [0.3, 0.4) is 0 Å². The van der Waals surface area contributed by atoms with Gasteiger partial charge in [0.05, 0.1) is 17.4 Å². The Labute approximate surface area is 125 Å². The third-order valence-electron chi connectivity index (χ3n) is 2.60. The predicted octanol–water partition coefficient (Wildman–Crippen LogP) is 2.60. The molecule has 0 saturated carbocycles. The van der Waals surface area contributed by atoms with E-state index in [1.165, 1.54) is 18.7 Å². The Kier molecular flexibility index (Phi) is 4.53. The van der Waals surface area contributed by atoms with Crippen LogP contribution in [-0.4, -0.2) is 23.2 Å². The Morgan fingerprint density at radius 1 is 1.65 bits per heavy atom. The summed E-state index contributed by atoms with van der Waals surface area (Å²) < 4.78 is 4.84. The standard InChI is InChI=1S/C13H11ClN2O3S/c1-7(6-15)19-12(17)5-11-13(18)16-9-4-8(14)2-3-10(9)20-11/h2-4,7,11H,5H2,1H3,(H,16,18)/t7-,11+/m1/s1. The van der Waals surface area contributed by atoms with Gasteiger partial charge in [0.25, 0.3) is 0 Å². The molecule has 1 N–H and O–H groups in total. The van der Waals surface area contributed by atoms with Crippen molar-refractivity contribution in [1.29, 1.82) is 5.26 Å². The third-order valence-corrected chi connectivity index (χ3v) is 4.11. The largest absolute Gasteiger partial charge is 0.447 e. The maximum Gasteiger partial charge on any atom is 0.308 e. The molecule has 104 valence electrons. The van der Waals surface area contributed by atoms with Crippen LogP contribution in [0, 0.1) is 11.3 Å². The highest BCUT2D eigenvalue weighted by Crippen LogP contribution is 2.38. The summed E-state index contributed by atoms with van der Waals surface area (Å²) in [5.74, 6) is -0.838. The first kappa shape index (κ1) is 14.7. The van der Waals surface area contributed by atoms with E-state index in [0.717, 1.165) is 4.90 Å². The maximum atomic E-state index is 11.9. The van der Waals surface area contributed by atoms with Crippen molar-refractivity contribution in [2.75, 3.05) is 5.32 Å². The van der Waals surface area contributed by atoms with E-state index in [1.807, 2.05) is 0 Å². The lowest BCUT2D eigenvalue weighted by Crippen LogP contribution is -2.32. The lowest BCUT2D eigenvalue weighted by atomic mass is 10.2. The number of esters is 1. The van der Waals surface area contributed by atoms with E-state index in [4.69, 9.17) is 21.6 Å². The Bertz CT molecular complexity index is 600. The molecule has 1 aliphatic heterocycles. The minimum atomic E-state index is -0.815. The minimum Gasteiger partial charge on any atom is -0.447 e. The topological polar surface area (TPSA) is 79.2 Å². The first-order valence-electron chi connectivity index (χ1n) is 5.86. The number of nitrogens with one attached hydrogen (secondary N) is 1. The molecule has 0 aromatic heterocycles. The van der Waals surface area contributed by atoms with Crippen molar-refractivity contribution in [3.63, 3.8) is 0 Å². The number of thioether (sulfide) groups is 1. The average molecular weight is 311 g/mol. The van der Waals surface area contributed by atoms with Crippen molar-refractivity contribution in [2.45, 2.75) is 29.6 Å². The van der Waals surface area contributed by atoms with Crippen LogP contribution >= 0.6 is 23.4 Å². The predicted molar refractivity (Wildman–Crippen MR) is 75.5 cm³/mol. The molecule has 1 aromatic rings. The van der Waals surface area contributed by atoms with Gasteiger partial charge in [-0.15, -0.1) is 11.8 Å². The van der Waals surface area contributed by atoms with Gasteiger partial charge in [-0.2, -0.15) is 5.26 Å². The van der Waals surface area contributed by atoms with Crippen LogP contribution < -0.4 is 5.32 Å². The first-order chi connectivity index (χ1) is 9.49. The second-order valence-corrected chi connectivity index (χ2v) is 5.88. The SMILES string of the molecule is C[C@H](C#N)OC(=O)C[C@@H]1Sc2ccc(Cl)cc2NC1=O. The van der Waals surface area contributed by atoms with Crippen LogP contribution in [0.2, 0.25) is 5.02 Å². The molecule has 0 bridgehead atoms. The molecule has 5 nitrogen and oxygen atoms in total. The summed E-state index contributed by atoms with van der Waals surface area (Å²) in [5, 5.41) is 11.2. The van der Waals surface area contributed by atoms with Gasteiger partial charge in [0.15, 0.2) is 6.10 Å². The number of nitrogens with zero attached hydrogens (tertiary/aromatic N) is 1. The number of amides is 1. The van der Waals surface area contributed by atoms with Crippen molar-refractivity contribution in [1.82, 2.24) is 0 Å². The molecule has 0 aliphatic carbocycles. The number of rotatable bonds is 3. The lowest BCUT2D eigenvalue weighted by molar-refractivity contribution is -0.146. The Morgan fingerprint density at radius 2 is 2.40 bits per heavy atom. The van der Waals surface area contributed by atoms with Crippen LogP contribution in [0.1, 0.15) is 13.3 Å². The van der Waals surface area contributed by atoms with E-state index in [1.54, 1.807) is 24.3 Å². The minimum absolute atomic E-state index is 0.0788. The van der Waals surface area contributed by atoms with Crippen molar-refractivity contribution >= 4 is 40.9 Å². The number of fused-ring (bicyclic) bond motifs is 1. The van der Waals surface area contributed by atoms with E-state index < -0.39 is 17.3 Å². The zero-order valence-electron chi connectivity index (χ0n) is 10.6. The van der Waals surface area contributed by atoms with Gasteiger partial charge in [-0.1, -0.05) is 11.6 Å². The Hall–Kier alpha value is -1.71. The summed E-state index contributed by atoms with van der Waals surface area (Å²) in [6.07, 6.45) is -0.893. The van der Waals surface area contributed by atoms with Crippen molar-refractivity contribution in [2.24, 2.45) is 0 Å². The molecule has 2 rings (SSSR count). The summed E-state index contributed by atoms with van der Waals surface area (Å²) in [4.78, 5) is 24.4. The quantitative estimate of drug-likeness (QED) is 0.868. The van der Waals surface area contributed by atoms with Gasteiger partial charge in [-0.3, -0.25) is 9.59 Å². The average Bonchev–Trinajstić information content (AvgIpc) is 2.39. The smallest absolute Gasteiger partial charge is 0.308 e. The Morgan fingerprint density at radius 3 is 3.10 bits per heavy atom. The second kappa shape index (κ2) is 6.16. The number of anilines is 1. The number of benzene rings is 1. The van der Waals surface area contributed by atoms with Gasteiger partial charge >= 0.3 is 5.97 Å². The van der Waals surface area contributed by atoms with E-state index in [-0.39, 0.29) is 12.3 Å². The van der Waals surface area contributed by atoms with Crippen molar-refractivity contribution < 1.29 is 14.3 Å².